The molecule has 11 heteroatoms. The summed E-state index contributed by atoms with van der Waals surface area (Å²) in [5.41, 5.74) is -1.04. The number of carbonyl (C=O) groups is 1. The van der Waals surface area contributed by atoms with Crippen LogP contribution in [0.15, 0.2) is 57.7 Å². The van der Waals surface area contributed by atoms with Gasteiger partial charge in [0, 0.05) is 6.20 Å². The number of carboxylic acid groups (broad SMARTS) is 1. The average molecular weight is 461 g/mol. The normalized spacial score (nSPS) is 11.8. The Kier molecular flexibility index (Phi) is 5.21. The van der Waals surface area contributed by atoms with Crippen LogP contribution in [0.5, 0.6) is 0 Å². The van der Waals surface area contributed by atoms with Crippen molar-refractivity contribution in [3.05, 3.63) is 91.2 Å². The molecular weight excluding hydrogens is 447 g/mol. The highest BCUT2D eigenvalue weighted by Gasteiger charge is 2.33. The Bertz CT molecular complexity index is 1480. The van der Waals surface area contributed by atoms with E-state index in [9.17, 15) is 32.7 Å². The van der Waals surface area contributed by atoms with Crippen molar-refractivity contribution in [2.45, 2.75) is 19.6 Å². The molecule has 0 saturated carbocycles. The summed E-state index contributed by atoms with van der Waals surface area (Å²) in [7, 11) is 0. The fourth-order valence-electron chi connectivity index (χ4n) is 3.40. The second-order valence-electron chi connectivity index (χ2n) is 6.98. The molecule has 0 aliphatic rings. The van der Waals surface area contributed by atoms with E-state index in [0.29, 0.717) is 15.8 Å². The van der Waals surface area contributed by atoms with Crippen LogP contribution in [-0.4, -0.2) is 25.2 Å². The Morgan fingerprint density at radius 2 is 1.94 bits per heavy atom. The van der Waals surface area contributed by atoms with Crippen molar-refractivity contribution in [1.82, 2.24) is 14.1 Å². The minimum Gasteiger partial charge on any atom is -0.477 e. The van der Waals surface area contributed by atoms with Gasteiger partial charge in [-0.05, 0) is 42.3 Å². The molecule has 0 aliphatic heterocycles. The van der Waals surface area contributed by atoms with Crippen molar-refractivity contribution in [3.8, 4) is 5.69 Å². The summed E-state index contributed by atoms with van der Waals surface area (Å²) in [6.45, 7) is 0.720. The minimum atomic E-state index is -4.61. The molecule has 0 spiro atoms. The van der Waals surface area contributed by atoms with Crippen LogP contribution in [0, 0.1) is 6.92 Å². The first-order valence-corrected chi connectivity index (χ1v) is 10.0. The predicted octanol–water partition coefficient (Wildman–Crippen LogP) is 3.68. The topological polar surface area (TPSA) is 94.2 Å². The number of aromatic nitrogens is 3. The van der Waals surface area contributed by atoms with Gasteiger partial charge in [0.2, 0.25) is 0 Å². The molecule has 0 fully saturated rings. The number of nitrogens with zero attached hydrogens (tertiary/aromatic N) is 3. The highest BCUT2D eigenvalue weighted by atomic mass is 32.1. The molecule has 32 heavy (non-hydrogen) atoms. The zero-order chi connectivity index (χ0) is 23.2. The van der Waals surface area contributed by atoms with Gasteiger partial charge in [-0.2, -0.15) is 13.2 Å². The van der Waals surface area contributed by atoms with Crippen LogP contribution in [0.1, 0.15) is 27.0 Å². The Morgan fingerprint density at radius 1 is 1.19 bits per heavy atom. The number of thiazole rings is 1. The summed E-state index contributed by atoms with van der Waals surface area (Å²) >= 11 is 1.31. The first kappa shape index (κ1) is 21.5. The minimum absolute atomic E-state index is 0.0750. The van der Waals surface area contributed by atoms with Crippen LogP contribution < -0.4 is 11.2 Å². The van der Waals surface area contributed by atoms with Crippen molar-refractivity contribution in [1.29, 1.82) is 0 Å². The van der Waals surface area contributed by atoms with Crippen LogP contribution in [0.25, 0.3) is 15.9 Å². The lowest BCUT2D eigenvalue weighted by molar-refractivity contribution is -0.138. The van der Waals surface area contributed by atoms with Gasteiger partial charge in [-0.3, -0.25) is 13.9 Å². The second kappa shape index (κ2) is 7.75. The number of hydrogen-bond acceptors (Lipinski definition) is 5. The lowest BCUT2D eigenvalue weighted by Gasteiger charge is -2.16. The van der Waals surface area contributed by atoms with Crippen LogP contribution in [0.2, 0.25) is 0 Å². The molecule has 2 aromatic carbocycles. The SMILES string of the molecule is Cc1c(Cn2c(=O)c(C(=O)O)cn(-c3ccc4ncsc4c3)c2=O)cccc1C(F)(F)F. The molecule has 0 saturated heterocycles. The zero-order valence-corrected chi connectivity index (χ0v) is 17.2. The molecule has 0 unspecified atom stereocenters. The third-order valence-corrected chi connectivity index (χ3v) is 5.87. The summed E-state index contributed by atoms with van der Waals surface area (Å²) < 4.78 is 42.2. The van der Waals surface area contributed by atoms with Gasteiger partial charge in [-0.25, -0.2) is 14.6 Å². The van der Waals surface area contributed by atoms with Gasteiger partial charge in [0.1, 0.15) is 5.56 Å². The molecule has 7 nitrogen and oxygen atoms in total. The highest BCUT2D eigenvalue weighted by molar-refractivity contribution is 7.16. The van der Waals surface area contributed by atoms with Crippen LogP contribution in [0.4, 0.5) is 13.2 Å². The zero-order valence-electron chi connectivity index (χ0n) is 16.4. The number of halogens is 3. The first-order valence-electron chi connectivity index (χ1n) is 9.17. The third-order valence-electron chi connectivity index (χ3n) is 5.07. The standard InChI is InChI=1S/C21H14F3N3O4S/c1-11-12(3-2-4-15(11)21(22,23)24)8-27-18(28)14(19(29)30)9-26(20(27)31)13-5-6-16-17(7-13)32-10-25-16/h2-7,9-10H,8H2,1H3,(H,29,30). The molecule has 1 N–H and O–H groups in total. The molecule has 2 aromatic heterocycles. The molecule has 0 aliphatic carbocycles. The monoisotopic (exact) mass is 461 g/mol. The van der Waals surface area contributed by atoms with E-state index in [1.54, 1.807) is 23.7 Å². The van der Waals surface area contributed by atoms with E-state index in [4.69, 9.17) is 0 Å². The molecule has 164 valence electrons. The van der Waals surface area contributed by atoms with Crippen molar-refractivity contribution in [3.63, 3.8) is 0 Å². The Morgan fingerprint density at radius 3 is 2.62 bits per heavy atom. The fourth-order valence-corrected chi connectivity index (χ4v) is 4.11. The number of carboxylic acids is 1. The molecule has 4 aromatic rings. The van der Waals surface area contributed by atoms with Crippen molar-refractivity contribution in [2.75, 3.05) is 0 Å². The van der Waals surface area contributed by atoms with E-state index >= 15 is 0 Å². The summed E-state index contributed by atoms with van der Waals surface area (Å²) in [5, 5.41) is 9.48. The van der Waals surface area contributed by atoms with Crippen LogP contribution >= 0.6 is 11.3 Å². The van der Waals surface area contributed by atoms with Gasteiger partial charge < -0.3 is 5.11 Å². The van der Waals surface area contributed by atoms with Gasteiger partial charge in [0.05, 0.1) is 33.5 Å². The first-order chi connectivity index (χ1) is 15.1. The Labute approximate surface area is 181 Å². The largest absolute Gasteiger partial charge is 0.477 e. The van der Waals surface area contributed by atoms with Crippen molar-refractivity contribution < 1.29 is 23.1 Å². The van der Waals surface area contributed by atoms with E-state index in [2.05, 4.69) is 4.98 Å². The van der Waals surface area contributed by atoms with Gasteiger partial charge in [0.15, 0.2) is 0 Å². The molecule has 2 heterocycles. The van der Waals surface area contributed by atoms with E-state index in [1.807, 2.05) is 0 Å². The fraction of sp³-hybridized carbons (Fsp3) is 0.143. The van der Waals surface area contributed by atoms with Gasteiger partial charge >= 0.3 is 17.8 Å². The number of fused-ring (bicyclic) bond motifs is 1. The highest BCUT2D eigenvalue weighted by Crippen LogP contribution is 2.33. The maximum absolute atomic E-state index is 13.3. The summed E-state index contributed by atoms with van der Waals surface area (Å²) in [6.07, 6.45) is -3.69. The van der Waals surface area contributed by atoms with Crippen LogP contribution in [0.3, 0.4) is 0 Å². The molecule has 0 radical (unpaired) electrons. The lowest BCUT2D eigenvalue weighted by atomic mass is 10.0. The van der Waals surface area contributed by atoms with E-state index < -0.39 is 41.1 Å². The van der Waals surface area contributed by atoms with Crippen molar-refractivity contribution >= 4 is 27.5 Å². The molecule has 4 rings (SSSR count). The number of hydrogen-bond donors (Lipinski definition) is 1. The maximum atomic E-state index is 13.3. The second-order valence-corrected chi connectivity index (χ2v) is 7.87. The quantitative estimate of drug-likeness (QED) is 0.500. The maximum Gasteiger partial charge on any atom is 0.416 e. The number of benzene rings is 2. The Hall–Kier alpha value is -3.73. The van der Waals surface area contributed by atoms with Gasteiger partial charge in [-0.1, -0.05) is 12.1 Å². The number of aromatic carboxylic acids is 1. The van der Waals surface area contributed by atoms with E-state index in [1.165, 1.54) is 30.4 Å². The van der Waals surface area contributed by atoms with Gasteiger partial charge in [-0.15, -0.1) is 11.3 Å². The van der Waals surface area contributed by atoms with Crippen molar-refractivity contribution in [2.24, 2.45) is 0 Å². The summed E-state index contributed by atoms with van der Waals surface area (Å²) in [6, 6.07) is 8.23. The predicted molar refractivity (Wildman–Crippen MR) is 112 cm³/mol. The van der Waals surface area contributed by atoms with E-state index in [0.717, 1.165) is 21.5 Å². The van der Waals surface area contributed by atoms with Gasteiger partial charge in [0.25, 0.3) is 5.56 Å². The number of rotatable bonds is 4. The molecule has 0 atom stereocenters. The summed E-state index contributed by atoms with van der Waals surface area (Å²) in [5.74, 6) is -1.56. The molecule has 0 bridgehead atoms. The molecule has 0 amide bonds. The van der Waals surface area contributed by atoms with E-state index in [-0.39, 0.29) is 11.1 Å². The molecular formula is C21H14F3N3O4S. The average Bonchev–Trinajstić information content (AvgIpc) is 3.19. The lowest BCUT2D eigenvalue weighted by Crippen LogP contribution is -2.42. The smallest absolute Gasteiger partial charge is 0.416 e. The third kappa shape index (κ3) is 3.71. The van der Waals surface area contributed by atoms with Crippen LogP contribution in [-0.2, 0) is 12.7 Å². The number of alkyl halides is 3. The summed E-state index contributed by atoms with van der Waals surface area (Å²) in [4.78, 5) is 41.7. The Balaban J connectivity index is 1.92.